The van der Waals surface area contributed by atoms with Crippen molar-refractivity contribution in [1.29, 1.82) is 0 Å². The molecule has 384 valence electrons. The number of phenols is 1. The fourth-order valence-corrected chi connectivity index (χ4v) is 10.0. The number of rotatable bonds is 24. The van der Waals surface area contributed by atoms with Gasteiger partial charge in [0.25, 0.3) is 0 Å². The fourth-order valence-electron chi connectivity index (χ4n) is 10.0. The number of hydrogen-bond donors (Lipinski definition) is 1. The van der Waals surface area contributed by atoms with Gasteiger partial charge in [-0.25, -0.2) is 4.85 Å². The van der Waals surface area contributed by atoms with Gasteiger partial charge >= 0.3 is 0 Å². The molecule has 0 saturated heterocycles. The molecule has 0 radical (unpaired) electrons. The maximum absolute atomic E-state index is 9.61. The Morgan fingerprint density at radius 2 is 0.722 bits per heavy atom. The molecule has 6 aromatic rings. The second-order valence-corrected chi connectivity index (χ2v) is 20.7. The van der Waals surface area contributed by atoms with E-state index in [2.05, 4.69) is 154 Å². The van der Waals surface area contributed by atoms with Gasteiger partial charge in [-0.15, -0.1) is 0 Å². The molecule has 0 unspecified atom stereocenters. The molecule has 6 aromatic carbocycles. The van der Waals surface area contributed by atoms with E-state index in [0.29, 0.717) is 5.75 Å². The molecule has 72 heavy (non-hydrogen) atoms. The molecule has 9 rings (SSSR count). The number of phenolic OH excluding ortho intramolecular Hbond substituents is 1. The van der Waals surface area contributed by atoms with Crippen molar-refractivity contribution in [3.63, 3.8) is 0 Å². The Balaban J connectivity index is 0.000000198. The Hall–Kier alpha value is -5.51. The minimum Gasteiger partial charge on any atom is -0.508 e. The van der Waals surface area contributed by atoms with Crippen LogP contribution in [-0.4, -0.2) is 78.7 Å². The topological polar surface area (TPSA) is 34.3 Å². The predicted octanol–water partition coefficient (Wildman–Crippen LogP) is 15.6. The van der Waals surface area contributed by atoms with Gasteiger partial charge in [0.05, 0.1) is 6.57 Å². The number of hydrogen-bond acceptors (Lipinski definition) is 4. The first-order valence-electron chi connectivity index (χ1n) is 27.0. The van der Waals surface area contributed by atoms with Crippen molar-refractivity contribution >= 4 is 5.69 Å². The second-order valence-electron chi connectivity index (χ2n) is 20.7. The van der Waals surface area contributed by atoms with Gasteiger partial charge in [-0.05, 0) is 142 Å². The number of aromatic hydroxyl groups is 1. The molecule has 0 bridgehead atoms. The van der Waals surface area contributed by atoms with Gasteiger partial charge in [-0.3, -0.25) is 0 Å². The molecule has 0 aromatic heterocycles. The van der Waals surface area contributed by atoms with Crippen LogP contribution in [-0.2, 0) is 38.5 Å². The lowest BCUT2D eigenvalue weighted by atomic mass is 9.85. The summed E-state index contributed by atoms with van der Waals surface area (Å²) in [5.74, 6) is 3.12. The Bertz CT molecular complexity index is 2280. The Morgan fingerprint density at radius 3 is 1.06 bits per heavy atom. The molecule has 0 aliphatic heterocycles. The van der Waals surface area contributed by atoms with Crippen LogP contribution >= 0.6 is 0 Å². The molecular formula is C67H90N4O. The van der Waals surface area contributed by atoms with Crippen LogP contribution in [0.4, 0.5) is 5.69 Å². The molecule has 0 atom stereocenters. The van der Waals surface area contributed by atoms with Crippen LogP contribution in [0, 0.1) is 31.2 Å². The third-order valence-electron chi connectivity index (χ3n) is 15.1. The lowest BCUT2D eigenvalue weighted by Crippen LogP contribution is -2.35. The van der Waals surface area contributed by atoms with Crippen LogP contribution in [0.15, 0.2) is 164 Å². The van der Waals surface area contributed by atoms with Gasteiger partial charge in [0.15, 0.2) is 5.69 Å². The van der Waals surface area contributed by atoms with Gasteiger partial charge in [-0.2, -0.15) is 0 Å². The van der Waals surface area contributed by atoms with Crippen molar-refractivity contribution in [3.8, 4) is 5.75 Å². The van der Waals surface area contributed by atoms with Gasteiger partial charge in [-0.1, -0.05) is 197 Å². The predicted molar refractivity (Wildman–Crippen MR) is 308 cm³/mol. The van der Waals surface area contributed by atoms with Crippen LogP contribution in [0.5, 0.6) is 5.75 Å². The fraction of sp³-hybridized carbons (Fsp3) is 0.448. The molecule has 5 heteroatoms. The van der Waals surface area contributed by atoms with Crippen molar-refractivity contribution in [2.45, 2.75) is 118 Å². The van der Waals surface area contributed by atoms with E-state index in [-0.39, 0.29) is 14.9 Å². The van der Waals surface area contributed by atoms with Gasteiger partial charge in [0.2, 0.25) is 0 Å². The van der Waals surface area contributed by atoms with Crippen LogP contribution < -0.4 is 0 Å². The maximum atomic E-state index is 9.61. The Kier molecular flexibility index (Phi) is 25.9. The quantitative estimate of drug-likeness (QED) is 0.0613. The Morgan fingerprint density at radius 1 is 0.403 bits per heavy atom. The average molecular weight is 967 g/mol. The number of nitrogens with zero attached hydrogens (tertiary/aromatic N) is 4. The minimum absolute atomic E-state index is 0. The molecule has 3 aliphatic rings. The van der Waals surface area contributed by atoms with E-state index in [1.165, 1.54) is 142 Å². The number of aryl methyl sites for hydroxylation is 1. The smallest absolute Gasteiger partial charge is 0.187 e. The molecule has 3 saturated carbocycles. The highest BCUT2D eigenvalue weighted by Gasteiger charge is 2.23. The monoisotopic (exact) mass is 967 g/mol. The summed E-state index contributed by atoms with van der Waals surface area (Å²) in [6, 6.07) is 57.2. The summed E-state index contributed by atoms with van der Waals surface area (Å²) in [5, 5.41) is 9.61. The zero-order chi connectivity index (χ0) is 48.4. The summed E-state index contributed by atoms with van der Waals surface area (Å²) < 4.78 is 0. The normalized spacial score (nSPS) is 14.3. The molecular weight excluding hydrogens is 877 g/mol. The Labute approximate surface area is 438 Å². The van der Waals surface area contributed by atoms with Crippen molar-refractivity contribution in [3.05, 3.63) is 214 Å². The minimum atomic E-state index is 0. The summed E-state index contributed by atoms with van der Waals surface area (Å²) in [7, 11) is 0. The molecule has 5 nitrogen and oxygen atoms in total. The highest BCUT2D eigenvalue weighted by atomic mass is 16.3. The van der Waals surface area contributed by atoms with E-state index >= 15 is 0 Å². The third-order valence-corrected chi connectivity index (χ3v) is 15.1. The third kappa shape index (κ3) is 21.3. The largest absolute Gasteiger partial charge is 0.508 e. The second kappa shape index (κ2) is 32.5. The molecule has 3 fully saturated rings. The lowest BCUT2D eigenvalue weighted by Gasteiger charge is -2.32. The summed E-state index contributed by atoms with van der Waals surface area (Å²) in [5.41, 5.74) is 10.4. The van der Waals surface area contributed by atoms with Gasteiger partial charge in [0, 0.05) is 58.9 Å². The van der Waals surface area contributed by atoms with E-state index < -0.39 is 0 Å². The van der Waals surface area contributed by atoms with E-state index in [1.54, 1.807) is 6.07 Å². The molecule has 1 N–H and O–H groups in total. The average Bonchev–Trinajstić information content (AvgIpc) is 3.35. The molecule has 0 spiro atoms. The van der Waals surface area contributed by atoms with Crippen molar-refractivity contribution < 1.29 is 5.11 Å². The van der Waals surface area contributed by atoms with Crippen LogP contribution in [0.1, 0.15) is 112 Å². The van der Waals surface area contributed by atoms with Crippen LogP contribution in [0.3, 0.4) is 0 Å². The summed E-state index contributed by atoms with van der Waals surface area (Å²) in [6.07, 6.45) is 19.3. The highest BCUT2D eigenvalue weighted by molar-refractivity contribution is 5.46. The SMILES string of the molecule is C.C.Cc1cccc(CCN(CCc2ccccc2)CC2CCC2)c1.Oc1cccc(CCN(CCc2ccccc2)CC2CCC2)c1.[C-]#[N+]c1cccc(CCN(CCc2ccccc2)CC2CCC2)c1. The zero-order valence-corrected chi connectivity index (χ0v) is 42.5. The summed E-state index contributed by atoms with van der Waals surface area (Å²) >= 11 is 0. The zero-order valence-electron chi connectivity index (χ0n) is 42.5. The van der Waals surface area contributed by atoms with E-state index in [1.807, 2.05) is 30.3 Å². The van der Waals surface area contributed by atoms with Crippen molar-refractivity contribution in [1.82, 2.24) is 14.7 Å². The van der Waals surface area contributed by atoms with E-state index in [4.69, 9.17) is 6.57 Å². The molecule has 3 aliphatic carbocycles. The standard InChI is InChI=1S/C22H26N2.C22H29N.C21H27NO.2CH4/c1-23-22-12-6-9-20(17-22)14-16-24(18-21-10-5-11-21)15-13-19-7-3-2-4-8-19;1-19-7-5-10-21(17-19)14-16-23(18-22-11-6-12-22)15-13-20-8-3-2-4-9-20;23-21-11-5-8-19(16-21)13-15-22(17-20-9-4-10-20)14-12-18-6-2-1-3-7-18;;/h2-4,6-9,12,17,21H,5,10-11,13-16,18H2;2-5,7-10,17,22H,6,11-16,18H2,1H3;1-3,5-8,11,16,20,23H,4,9-10,12-15,17H2;2*1H4. The lowest BCUT2D eigenvalue weighted by molar-refractivity contribution is 0.180. The highest BCUT2D eigenvalue weighted by Crippen LogP contribution is 2.29. The summed E-state index contributed by atoms with van der Waals surface area (Å²) in [4.78, 5) is 11.5. The first-order chi connectivity index (χ1) is 34.4. The summed E-state index contributed by atoms with van der Waals surface area (Å²) in [6.45, 7) is 19.9. The van der Waals surface area contributed by atoms with E-state index in [0.717, 1.165) is 75.3 Å². The number of benzene rings is 6. The first kappa shape index (κ1) is 57.4. The maximum Gasteiger partial charge on any atom is 0.187 e. The van der Waals surface area contributed by atoms with Gasteiger partial charge < -0.3 is 19.8 Å². The molecule has 0 amide bonds. The van der Waals surface area contributed by atoms with Crippen molar-refractivity contribution in [2.24, 2.45) is 17.8 Å². The molecule has 0 heterocycles. The van der Waals surface area contributed by atoms with Crippen LogP contribution in [0.25, 0.3) is 4.85 Å². The van der Waals surface area contributed by atoms with Crippen molar-refractivity contribution in [2.75, 3.05) is 58.9 Å². The van der Waals surface area contributed by atoms with Gasteiger partial charge in [0.1, 0.15) is 5.75 Å². The van der Waals surface area contributed by atoms with Crippen LogP contribution in [0.2, 0.25) is 0 Å². The first-order valence-corrected chi connectivity index (χ1v) is 27.0. The van der Waals surface area contributed by atoms with E-state index in [9.17, 15) is 5.11 Å².